The molecule has 1 N–H and O–H groups in total. The highest BCUT2D eigenvalue weighted by molar-refractivity contribution is 5.80. The van der Waals surface area contributed by atoms with E-state index < -0.39 is 0 Å². The van der Waals surface area contributed by atoms with E-state index in [-0.39, 0.29) is 0 Å². The molecular weight excluding hydrogens is 274 g/mol. The Morgan fingerprint density at radius 1 is 1.18 bits per heavy atom. The highest BCUT2D eigenvalue weighted by atomic mass is 16.5. The Morgan fingerprint density at radius 2 is 1.95 bits per heavy atom. The lowest BCUT2D eigenvalue weighted by Crippen LogP contribution is -2.42. The van der Waals surface area contributed by atoms with Gasteiger partial charge in [0.05, 0.1) is 6.61 Å². The summed E-state index contributed by atoms with van der Waals surface area (Å²) in [7, 11) is 4.01. The van der Waals surface area contributed by atoms with E-state index in [4.69, 9.17) is 4.74 Å². The third kappa shape index (κ3) is 4.61. The van der Waals surface area contributed by atoms with Gasteiger partial charge >= 0.3 is 0 Å². The zero-order chi connectivity index (χ0) is 15.4. The predicted octanol–water partition coefficient (Wildman–Crippen LogP) is 2.89. The third-order valence-corrected chi connectivity index (χ3v) is 5.60. The van der Waals surface area contributed by atoms with Gasteiger partial charge < -0.3 is 15.0 Å². The molecule has 3 saturated carbocycles. The fourth-order valence-corrected chi connectivity index (χ4v) is 3.82. The van der Waals surface area contributed by atoms with Gasteiger partial charge in [0.25, 0.3) is 0 Å². The smallest absolute Gasteiger partial charge is 0.193 e. The van der Waals surface area contributed by atoms with E-state index in [1.165, 1.54) is 51.4 Å². The van der Waals surface area contributed by atoms with Crippen molar-refractivity contribution in [2.24, 2.45) is 22.7 Å². The van der Waals surface area contributed by atoms with Crippen LogP contribution in [0.15, 0.2) is 4.99 Å². The van der Waals surface area contributed by atoms with Crippen LogP contribution in [0.1, 0.15) is 51.4 Å². The van der Waals surface area contributed by atoms with E-state index in [2.05, 4.69) is 22.3 Å². The number of hydrogen-bond donors (Lipinski definition) is 1. The molecule has 0 aliphatic heterocycles. The van der Waals surface area contributed by atoms with Crippen LogP contribution in [0.2, 0.25) is 0 Å². The van der Waals surface area contributed by atoms with Crippen LogP contribution in [0, 0.1) is 17.8 Å². The molecule has 22 heavy (non-hydrogen) atoms. The number of aliphatic imine (C=N–C) groups is 1. The lowest BCUT2D eigenvalue weighted by atomic mass is 9.85. The van der Waals surface area contributed by atoms with Gasteiger partial charge in [-0.3, -0.25) is 4.99 Å². The van der Waals surface area contributed by atoms with Gasteiger partial charge in [0.15, 0.2) is 5.96 Å². The molecule has 3 aliphatic rings. The molecule has 2 unspecified atom stereocenters. The maximum atomic E-state index is 5.74. The molecule has 3 rings (SSSR count). The molecule has 4 heteroatoms. The molecule has 2 atom stereocenters. The summed E-state index contributed by atoms with van der Waals surface area (Å²) < 4.78 is 5.74. The molecule has 0 saturated heterocycles. The maximum absolute atomic E-state index is 5.74. The van der Waals surface area contributed by atoms with Gasteiger partial charge in [0.2, 0.25) is 0 Å². The van der Waals surface area contributed by atoms with Crippen molar-refractivity contribution in [1.29, 1.82) is 0 Å². The van der Waals surface area contributed by atoms with Crippen molar-refractivity contribution in [2.75, 3.05) is 33.9 Å². The molecule has 0 aromatic heterocycles. The zero-order valence-corrected chi connectivity index (χ0v) is 14.4. The summed E-state index contributed by atoms with van der Waals surface area (Å²) in [5.41, 5.74) is 0. The summed E-state index contributed by atoms with van der Waals surface area (Å²) in [6.07, 6.45) is 11.3. The van der Waals surface area contributed by atoms with Gasteiger partial charge in [-0.15, -0.1) is 0 Å². The highest BCUT2D eigenvalue weighted by Gasteiger charge is 2.43. The van der Waals surface area contributed by atoms with Crippen LogP contribution in [0.4, 0.5) is 0 Å². The van der Waals surface area contributed by atoms with Gasteiger partial charge in [0, 0.05) is 33.3 Å². The zero-order valence-electron chi connectivity index (χ0n) is 14.4. The van der Waals surface area contributed by atoms with E-state index in [0.717, 1.165) is 43.5 Å². The average molecular weight is 307 g/mol. The second kappa shape index (κ2) is 7.67. The van der Waals surface area contributed by atoms with Crippen LogP contribution in [0.3, 0.4) is 0 Å². The van der Waals surface area contributed by atoms with Crippen molar-refractivity contribution in [1.82, 2.24) is 10.2 Å². The van der Waals surface area contributed by atoms with Crippen LogP contribution in [-0.2, 0) is 4.74 Å². The van der Waals surface area contributed by atoms with Crippen molar-refractivity contribution >= 4 is 5.96 Å². The first-order chi connectivity index (χ1) is 10.8. The largest absolute Gasteiger partial charge is 0.379 e. The van der Waals surface area contributed by atoms with Crippen molar-refractivity contribution in [2.45, 2.75) is 57.4 Å². The molecule has 0 heterocycles. The molecule has 126 valence electrons. The Labute approximate surface area is 135 Å². The fraction of sp³-hybridized carbons (Fsp3) is 0.944. The number of hydrogen-bond acceptors (Lipinski definition) is 2. The van der Waals surface area contributed by atoms with Crippen molar-refractivity contribution in [3.8, 4) is 0 Å². The van der Waals surface area contributed by atoms with E-state index in [1.807, 2.05) is 7.05 Å². The molecule has 0 aromatic carbocycles. The van der Waals surface area contributed by atoms with Crippen molar-refractivity contribution in [3.63, 3.8) is 0 Å². The summed E-state index contributed by atoms with van der Waals surface area (Å²) in [6.45, 7) is 2.68. The Hall–Kier alpha value is -0.770. The summed E-state index contributed by atoms with van der Waals surface area (Å²) in [6, 6.07) is 0.664. The lowest BCUT2D eigenvalue weighted by molar-refractivity contribution is 0.115. The summed E-state index contributed by atoms with van der Waals surface area (Å²) in [5.74, 6) is 3.76. The first-order valence-electron chi connectivity index (χ1n) is 9.30. The monoisotopic (exact) mass is 307 g/mol. The number of nitrogens with one attached hydrogen (secondary N) is 1. The van der Waals surface area contributed by atoms with E-state index in [9.17, 15) is 0 Å². The number of guanidine groups is 1. The minimum atomic E-state index is 0.664. The van der Waals surface area contributed by atoms with E-state index in [1.54, 1.807) is 0 Å². The minimum absolute atomic E-state index is 0.664. The van der Waals surface area contributed by atoms with Gasteiger partial charge in [-0.1, -0.05) is 32.1 Å². The molecular formula is C18H33N3O. The molecule has 0 aromatic rings. The molecule has 4 nitrogen and oxygen atoms in total. The molecule has 3 aliphatic carbocycles. The lowest BCUT2D eigenvalue weighted by Gasteiger charge is -2.24. The van der Waals surface area contributed by atoms with Gasteiger partial charge in [-0.25, -0.2) is 0 Å². The second-order valence-electron chi connectivity index (χ2n) is 7.54. The Morgan fingerprint density at radius 3 is 2.64 bits per heavy atom. The molecule has 0 spiro atoms. The molecule has 0 amide bonds. The minimum Gasteiger partial charge on any atom is -0.379 e. The second-order valence-corrected chi connectivity index (χ2v) is 7.54. The van der Waals surface area contributed by atoms with E-state index in [0.29, 0.717) is 6.04 Å². The van der Waals surface area contributed by atoms with Gasteiger partial charge in [0.1, 0.15) is 0 Å². The van der Waals surface area contributed by atoms with Gasteiger partial charge in [-0.2, -0.15) is 0 Å². The molecule has 0 radical (unpaired) electrons. The van der Waals surface area contributed by atoms with Crippen molar-refractivity contribution < 1.29 is 4.74 Å². The number of nitrogens with zero attached hydrogens (tertiary/aromatic N) is 2. The standard InChI is InChI=1S/C18H33N3O/c1-19-18(21(2)10-11-22-13-14-8-9-14)20-17-12-16(17)15-6-4-3-5-7-15/h14-17H,3-13H2,1-2H3,(H,19,20). The number of likely N-dealkylation sites (N-methyl/N-ethyl adjacent to an activating group) is 1. The number of rotatable bonds is 7. The Balaban J connectivity index is 1.34. The van der Waals surface area contributed by atoms with Crippen LogP contribution >= 0.6 is 0 Å². The fourth-order valence-electron chi connectivity index (χ4n) is 3.82. The normalized spacial score (nSPS) is 29.5. The quantitative estimate of drug-likeness (QED) is 0.446. The average Bonchev–Trinajstić information content (AvgIpc) is 3.45. The van der Waals surface area contributed by atoms with Crippen LogP contribution in [-0.4, -0.2) is 50.8 Å². The van der Waals surface area contributed by atoms with Crippen molar-refractivity contribution in [3.05, 3.63) is 0 Å². The highest BCUT2D eigenvalue weighted by Crippen LogP contribution is 2.44. The summed E-state index contributed by atoms with van der Waals surface area (Å²) in [5, 5.41) is 3.67. The van der Waals surface area contributed by atoms with Crippen LogP contribution in [0.5, 0.6) is 0 Å². The first-order valence-corrected chi connectivity index (χ1v) is 9.30. The maximum Gasteiger partial charge on any atom is 0.193 e. The SMILES string of the molecule is CN=C(NC1CC1C1CCCCC1)N(C)CCOCC1CC1. The predicted molar refractivity (Wildman–Crippen MR) is 91.1 cm³/mol. The topological polar surface area (TPSA) is 36.9 Å². The van der Waals surface area contributed by atoms with Gasteiger partial charge in [-0.05, 0) is 37.0 Å². The van der Waals surface area contributed by atoms with E-state index >= 15 is 0 Å². The van der Waals surface area contributed by atoms with Crippen LogP contribution < -0.4 is 5.32 Å². The first kappa shape index (κ1) is 16.1. The number of ether oxygens (including phenoxy) is 1. The third-order valence-electron chi connectivity index (χ3n) is 5.60. The molecule has 0 bridgehead atoms. The van der Waals surface area contributed by atoms with Crippen LogP contribution in [0.25, 0.3) is 0 Å². The molecule has 3 fully saturated rings. The summed E-state index contributed by atoms with van der Waals surface area (Å²) in [4.78, 5) is 6.66. The Kier molecular flexibility index (Phi) is 5.61. The Bertz CT molecular complexity index is 375. The summed E-state index contributed by atoms with van der Waals surface area (Å²) >= 11 is 0.